The number of pyridine rings is 1. The SMILES string of the molecule is O=Cc1nccc([N+](=O)[O-])c1[N+](=O)[O-]. The first kappa shape index (κ1) is 9.71. The standard InChI is InChI=1S/C6H3N3O5/c10-3-4-6(9(13)14)5(8(11)12)1-2-7-4/h1-3H. The smallest absolute Gasteiger partial charge is 0.296 e. The molecule has 14 heavy (non-hydrogen) atoms. The zero-order valence-electron chi connectivity index (χ0n) is 6.61. The maximum absolute atomic E-state index is 10.4. The van der Waals surface area contributed by atoms with Crippen molar-refractivity contribution in [3.8, 4) is 0 Å². The maximum Gasteiger partial charge on any atom is 0.374 e. The van der Waals surface area contributed by atoms with Crippen molar-refractivity contribution >= 4 is 17.7 Å². The number of carbonyl (C=O) groups excluding carboxylic acids is 1. The molecule has 1 rings (SSSR count). The minimum absolute atomic E-state index is 0.102. The second kappa shape index (κ2) is 3.56. The molecule has 1 heterocycles. The van der Waals surface area contributed by atoms with E-state index in [1.54, 1.807) is 0 Å². The molecule has 0 fully saturated rings. The Morgan fingerprint density at radius 2 is 1.93 bits per heavy atom. The molecule has 0 saturated carbocycles. The van der Waals surface area contributed by atoms with E-state index in [0.717, 1.165) is 12.3 Å². The van der Waals surface area contributed by atoms with E-state index in [2.05, 4.69) is 4.98 Å². The number of nitrogens with zero attached hydrogens (tertiary/aromatic N) is 3. The molecule has 0 atom stereocenters. The first-order valence-electron chi connectivity index (χ1n) is 3.31. The van der Waals surface area contributed by atoms with Crippen LogP contribution in [0.15, 0.2) is 12.3 Å². The third kappa shape index (κ3) is 1.53. The number of hydrogen-bond acceptors (Lipinski definition) is 6. The molecule has 0 saturated heterocycles. The third-order valence-corrected chi connectivity index (χ3v) is 1.42. The topological polar surface area (TPSA) is 116 Å². The Hall–Kier alpha value is -2.38. The molecule has 8 nitrogen and oxygen atoms in total. The van der Waals surface area contributed by atoms with E-state index in [9.17, 15) is 25.0 Å². The minimum atomic E-state index is -1.01. The van der Waals surface area contributed by atoms with Crippen LogP contribution in [0, 0.1) is 20.2 Å². The average Bonchev–Trinajstić information content (AvgIpc) is 2.16. The molecule has 0 aliphatic carbocycles. The highest BCUT2D eigenvalue weighted by Crippen LogP contribution is 2.27. The summed E-state index contributed by atoms with van der Waals surface area (Å²) >= 11 is 0. The molecule has 1 aromatic rings. The van der Waals surface area contributed by atoms with Crippen LogP contribution in [0.3, 0.4) is 0 Å². The maximum atomic E-state index is 10.4. The number of nitro groups is 2. The Bertz CT molecular complexity index is 416. The van der Waals surface area contributed by atoms with Crippen molar-refractivity contribution in [2.24, 2.45) is 0 Å². The lowest BCUT2D eigenvalue weighted by Crippen LogP contribution is -2.02. The summed E-state index contributed by atoms with van der Waals surface area (Å²) in [5, 5.41) is 20.8. The molecule has 0 spiro atoms. The summed E-state index contributed by atoms with van der Waals surface area (Å²) in [5.41, 5.74) is -2.18. The summed E-state index contributed by atoms with van der Waals surface area (Å²) in [6, 6.07) is 0.866. The molecule has 72 valence electrons. The van der Waals surface area contributed by atoms with Gasteiger partial charge in [0.25, 0.3) is 0 Å². The van der Waals surface area contributed by atoms with Crippen LogP contribution in [-0.2, 0) is 0 Å². The van der Waals surface area contributed by atoms with Crippen molar-refractivity contribution in [1.82, 2.24) is 4.98 Å². The molecule has 0 aliphatic rings. The molecular weight excluding hydrogens is 194 g/mol. The van der Waals surface area contributed by atoms with Gasteiger partial charge < -0.3 is 0 Å². The largest absolute Gasteiger partial charge is 0.374 e. The number of aldehydes is 1. The fraction of sp³-hybridized carbons (Fsp3) is 0. The van der Waals surface area contributed by atoms with Gasteiger partial charge in [-0.25, -0.2) is 4.98 Å². The van der Waals surface area contributed by atoms with Crippen LogP contribution < -0.4 is 0 Å². The molecule has 0 N–H and O–H groups in total. The van der Waals surface area contributed by atoms with Crippen LogP contribution in [0.25, 0.3) is 0 Å². The van der Waals surface area contributed by atoms with Crippen molar-refractivity contribution in [3.05, 3.63) is 38.2 Å². The summed E-state index contributed by atoms with van der Waals surface area (Å²) in [6.45, 7) is 0. The van der Waals surface area contributed by atoms with Crippen molar-refractivity contribution in [3.63, 3.8) is 0 Å². The van der Waals surface area contributed by atoms with E-state index in [1.807, 2.05) is 0 Å². The fourth-order valence-electron chi connectivity index (χ4n) is 0.880. The van der Waals surface area contributed by atoms with E-state index in [1.165, 1.54) is 0 Å². The average molecular weight is 197 g/mol. The van der Waals surface area contributed by atoms with Gasteiger partial charge in [0.2, 0.25) is 0 Å². The zero-order chi connectivity index (χ0) is 10.7. The summed E-state index contributed by atoms with van der Waals surface area (Å²) in [5.74, 6) is 0. The van der Waals surface area contributed by atoms with Crippen LogP contribution in [0.2, 0.25) is 0 Å². The van der Waals surface area contributed by atoms with Crippen LogP contribution >= 0.6 is 0 Å². The van der Waals surface area contributed by atoms with Crippen LogP contribution in [0.5, 0.6) is 0 Å². The third-order valence-electron chi connectivity index (χ3n) is 1.42. The minimum Gasteiger partial charge on any atom is -0.296 e. The summed E-state index contributed by atoms with van der Waals surface area (Å²) < 4.78 is 0. The van der Waals surface area contributed by atoms with Gasteiger partial charge in [-0.2, -0.15) is 0 Å². The second-order valence-electron chi connectivity index (χ2n) is 2.20. The van der Waals surface area contributed by atoms with Crippen LogP contribution in [-0.4, -0.2) is 21.1 Å². The predicted octanol–water partition coefficient (Wildman–Crippen LogP) is 0.710. The van der Waals surface area contributed by atoms with E-state index in [4.69, 9.17) is 0 Å². The first-order valence-corrected chi connectivity index (χ1v) is 3.31. The summed E-state index contributed by atoms with van der Waals surface area (Å²) in [7, 11) is 0. The van der Waals surface area contributed by atoms with Gasteiger partial charge in [0, 0.05) is 12.3 Å². The van der Waals surface area contributed by atoms with Crippen LogP contribution in [0.4, 0.5) is 11.4 Å². The van der Waals surface area contributed by atoms with Gasteiger partial charge in [-0.05, 0) is 0 Å². The molecule has 0 aromatic carbocycles. The highest BCUT2D eigenvalue weighted by atomic mass is 16.6. The van der Waals surface area contributed by atoms with Gasteiger partial charge in [0.1, 0.15) is 0 Å². The zero-order valence-corrected chi connectivity index (χ0v) is 6.61. The Kier molecular flexibility index (Phi) is 2.47. The molecule has 0 radical (unpaired) electrons. The van der Waals surface area contributed by atoms with Crippen molar-refractivity contribution in [1.29, 1.82) is 0 Å². The van der Waals surface area contributed by atoms with Crippen molar-refractivity contribution < 1.29 is 14.6 Å². The summed E-state index contributed by atoms with van der Waals surface area (Å²) in [6.07, 6.45) is 1.07. The van der Waals surface area contributed by atoms with E-state index >= 15 is 0 Å². The van der Waals surface area contributed by atoms with Gasteiger partial charge in [-0.1, -0.05) is 0 Å². The lowest BCUT2D eigenvalue weighted by molar-refractivity contribution is -0.422. The predicted molar refractivity (Wildman–Crippen MR) is 42.9 cm³/mol. The Balaban J connectivity index is 3.51. The number of hydrogen-bond donors (Lipinski definition) is 0. The lowest BCUT2D eigenvalue weighted by Gasteiger charge is -1.95. The molecule has 1 aromatic heterocycles. The molecule has 0 amide bonds. The quantitative estimate of drug-likeness (QED) is 0.400. The van der Waals surface area contributed by atoms with Crippen molar-refractivity contribution in [2.45, 2.75) is 0 Å². The lowest BCUT2D eigenvalue weighted by atomic mass is 10.3. The highest BCUT2D eigenvalue weighted by Gasteiger charge is 2.28. The van der Waals surface area contributed by atoms with Crippen molar-refractivity contribution in [2.75, 3.05) is 0 Å². The van der Waals surface area contributed by atoms with E-state index in [0.29, 0.717) is 0 Å². The first-order chi connectivity index (χ1) is 6.57. The monoisotopic (exact) mass is 197 g/mol. The Morgan fingerprint density at radius 1 is 1.29 bits per heavy atom. The van der Waals surface area contributed by atoms with Gasteiger partial charge in [-0.15, -0.1) is 0 Å². The molecule has 0 unspecified atom stereocenters. The molecule has 0 aliphatic heterocycles. The summed E-state index contributed by atoms with van der Waals surface area (Å²) in [4.78, 5) is 32.5. The molecule has 0 bridgehead atoms. The second-order valence-corrected chi connectivity index (χ2v) is 2.20. The van der Waals surface area contributed by atoms with Crippen LogP contribution in [0.1, 0.15) is 10.5 Å². The van der Waals surface area contributed by atoms with Gasteiger partial charge in [0.15, 0.2) is 12.0 Å². The Labute approximate surface area is 76.5 Å². The number of carbonyl (C=O) groups is 1. The molecule has 8 heteroatoms. The van der Waals surface area contributed by atoms with E-state index in [-0.39, 0.29) is 6.29 Å². The number of rotatable bonds is 3. The van der Waals surface area contributed by atoms with E-state index < -0.39 is 26.9 Å². The normalized spacial score (nSPS) is 9.43. The van der Waals surface area contributed by atoms with Gasteiger partial charge in [-0.3, -0.25) is 25.0 Å². The highest BCUT2D eigenvalue weighted by molar-refractivity contribution is 5.81. The Morgan fingerprint density at radius 3 is 2.36 bits per heavy atom. The molecular formula is C6H3N3O5. The van der Waals surface area contributed by atoms with Gasteiger partial charge >= 0.3 is 11.4 Å². The fourth-order valence-corrected chi connectivity index (χ4v) is 0.880. The number of aromatic nitrogens is 1. The van der Waals surface area contributed by atoms with Gasteiger partial charge in [0.05, 0.1) is 9.85 Å².